The fraction of sp³-hybridized carbons (Fsp3) is 0.200. The number of rotatable bonds is 3. The van der Waals surface area contributed by atoms with E-state index in [9.17, 15) is 19.7 Å². The number of hydrogen-bond donors (Lipinski definition) is 0. The van der Waals surface area contributed by atoms with Crippen LogP contribution in [0.2, 0.25) is 0 Å². The van der Waals surface area contributed by atoms with E-state index in [0.29, 0.717) is 28.3 Å². The summed E-state index contributed by atoms with van der Waals surface area (Å²) < 4.78 is 12.6. The zero-order chi connectivity index (χ0) is 20.0. The molecule has 142 valence electrons. The summed E-state index contributed by atoms with van der Waals surface area (Å²) in [5.74, 6) is -0.176. The van der Waals surface area contributed by atoms with E-state index >= 15 is 0 Å². The van der Waals surface area contributed by atoms with Gasteiger partial charge in [0.15, 0.2) is 0 Å². The first kappa shape index (κ1) is 17.7. The topological polar surface area (TPSA) is 105 Å². The van der Waals surface area contributed by atoms with Gasteiger partial charge in [0.25, 0.3) is 11.2 Å². The Morgan fingerprint density at radius 1 is 1.18 bits per heavy atom. The van der Waals surface area contributed by atoms with Gasteiger partial charge in [0.2, 0.25) is 0 Å². The molecule has 1 aromatic carbocycles. The number of esters is 1. The summed E-state index contributed by atoms with van der Waals surface area (Å²) in [5, 5.41) is 11.3. The molecule has 0 amide bonds. The molecule has 3 heterocycles. The molecular formula is C20H16N2O6. The van der Waals surface area contributed by atoms with E-state index < -0.39 is 16.8 Å². The van der Waals surface area contributed by atoms with Crippen molar-refractivity contribution in [2.75, 3.05) is 0 Å². The summed E-state index contributed by atoms with van der Waals surface area (Å²) in [7, 11) is 1.65. The van der Waals surface area contributed by atoms with Crippen LogP contribution in [0, 0.1) is 17.0 Å². The van der Waals surface area contributed by atoms with Crippen molar-refractivity contribution in [1.29, 1.82) is 0 Å². The second-order valence-electron chi connectivity index (χ2n) is 6.63. The number of carbonyl (C=O) groups excluding carboxylic acids is 1. The van der Waals surface area contributed by atoms with E-state index in [-0.39, 0.29) is 23.4 Å². The van der Waals surface area contributed by atoms with Crippen molar-refractivity contribution in [3.05, 3.63) is 80.0 Å². The quantitative estimate of drug-likeness (QED) is 0.392. The Balaban J connectivity index is 1.83. The number of hydrogen-bond acceptors (Lipinski definition) is 6. The highest BCUT2D eigenvalue weighted by molar-refractivity contribution is 5.77. The molecule has 0 fully saturated rings. The molecule has 28 heavy (non-hydrogen) atoms. The number of aromatic nitrogens is 1. The first-order valence-electron chi connectivity index (χ1n) is 8.61. The van der Waals surface area contributed by atoms with Crippen molar-refractivity contribution >= 4 is 11.7 Å². The predicted molar refractivity (Wildman–Crippen MR) is 99.3 cm³/mol. The van der Waals surface area contributed by atoms with Gasteiger partial charge < -0.3 is 13.7 Å². The molecule has 0 spiro atoms. The zero-order valence-corrected chi connectivity index (χ0v) is 15.2. The third-order valence-electron chi connectivity index (χ3n) is 4.95. The Morgan fingerprint density at radius 2 is 1.93 bits per heavy atom. The lowest BCUT2D eigenvalue weighted by Crippen LogP contribution is -2.31. The van der Waals surface area contributed by atoms with Crippen molar-refractivity contribution in [1.82, 2.24) is 4.57 Å². The number of benzene rings is 1. The van der Waals surface area contributed by atoms with E-state index in [1.807, 2.05) is 0 Å². The average Bonchev–Trinajstić information content (AvgIpc) is 3.15. The second kappa shape index (κ2) is 6.49. The molecule has 0 N–H and O–H groups in total. The first-order chi connectivity index (χ1) is 13.4. The van der Waals surface area contributed by atoms with Crippen LogP contribution in [0.25, 0.3) is 11.3 Å². The molecule has 0 radical (unpaired) electrons. The van der Waals surface area contributed by atoms with Gasteiger partial charge in [0.1, 0.15) is 17.3 Å². The Kier molecular flexibility index (Phi) is 4.11. The number of nitrogens with zero attached hydrogens (tertiary/aromatic N) is 2. The lowest BCUT2D eigenvalue weighted by Gasteiger charge is -2.23. The van der Waals surface area contributed by atoms with E-state index in [0.717, 1.165) is 0 Å². The molecule has 8 heteroatoms. The van der Waals surface area contributed by atoms with Crippen LogP contribution in [-0.2, 0) is 11.8 Å². The lowest BCUT2D eigenvalue weighted by molar-refractivity contribution is -0.384. The second-order valence-corrected chi connectivity index (χ2v) is 6.63. The average molecular weight is 380 g/mol. The lowest BCUT2D eigenvalue weighted by atomic mass is 9.91. The fourth-order valence-electron chi connectivity index (χ4n) is 3.42. The van der Waals surface area contributed by atoms with Crippen LogP contribution in [0.5, 0.6) is 5.75 Å². The van der Waals surface area contributed by atoms with Gasteiger partial charge >= 0.3 is 5.97 Å². The van der Waals surface area contributed by atoms with Gasteiger partial charge in [-0.05, 0) is 25.1 Å². The maximum absolute atomic E-state index is 12.8. The minimum absolute atomic E-state index is 0.0465. The zero-order valence-electron chi connectivity index (χ0n) is 15.2. The van der Waals surface area contributed by atoms with Gasteiger partial charge in [-0.1, -0.05) is 12.1 Å². The van der Waals surface area contributed by atoms with E-state index in [1.165, 1.54) is 10.6 Å². The summed E-state index contributed by atoms with van der Waals surface area (Å²) >= 11 is 0. The summed E-state index contributed by atoms with van der Waals surface area (Å²) in [6.07, 6.45) is -0.0465. The Hall–Kier alpha value is -3.68. The van der Waals surface area contributed by atoms with Crippen LogP contribution in [0.3, 0.4) is 0 Å². The smallest absolute Gasteiger partial charge is 0.312 e. The molecule has 1 atom stereocenters. The van der Waals surface area contributed by atoms with Gasteiger partial charge in [-0.3, -0.25) is 19.7 Å². The number of para-hydroxylation sites is 1. The van der Waals surface area contributed by atoms with Crippen molar-refractivity contribution < 1.29 is 18.9 Å². The van der Waals surface area contributed by atoms with E-state index in [2.05, 4.69) is 0 Å². The third kappa shape index (κ3) is 2.79. The minimum atomic E-state index is -0.618. The maximum atomic E-state index is 12.8. The number of fused-ring (bicyclic) bond motifs is 1. The van der Waals surface area contributed by atoms with Gasteiger partial charge in [-0.25, -0.2) is 0 Å². The van der Waals surface area contributed by atoms with Crippen molar-refractivity contribution in [2.45, 2.75) is 19.3 Å². The monoisotopic (exact) mass is 380 g/mol. The highest BCUT2D eigenvalue weighted by Crippen LogP contribution is 2.40. The number of furan rings is 1. The molecule has 4 rings (SSSR count). The molecule has 3 aromatic rings. The van der Waals surface area contributed by atoms with Crippen molar-refractivity contribution in [2.24, 2.45) is 7.05 Å². The van der Waals surface area contributed by atoms with Crippen LogP contribution >= 0.6 is 0 Å². The molecule has 0 saturated heterocycles. The van der Waals surface area contributed by atoms with Gasteiger partial charge in [-0.15, -0.1) is 0 Å². The van der Waals surface area contributed by atoms with Crippen LogP contribution in [-0.4, -0.2) is 15.5 Å². The minimum Gasteiger partial charge on any atom is -0.460 e. The maximum Gasteiger partial charge on any atom is 0.312 e. The van der Waals surface area contributed by atoms with Gasteiger partial charge in [-0.2, -0.15) is 0 Å². The van der Waals surface area contributed by atoms with Crippen LogP contribution in [0.1, 0.15) is 29.4 Å². The number of pyridine rings is 1. The van der Waals surface area contributed by atoms with E-state index in [4.69, 9.17) is 9.15 Å². The normalized spacial score (nSPS) is 15.8. The van der Waals surface area contributed by atoms with Crippen LogP contribution < -0.4 is 10.3 Å². The number of ether oxygens (including phenoxy) is 1. The molecule has 1 aliphatic rings. The Morgan fingerprint density at radius 3 is 2.68 bits per heavy atom. The molecule has 0 saturated carbocycles. The largest absolute Gasteiger partial charge is 0.460 e. The van der Waals surface area contributed by atoms with Gasteiger partial charge in [0, 0.05) is 24.9 Å². The number of nitro groups is 1. The standard InChI is InChI=1S/C20H16N2O6/c1-11-9-17-19(20(24)21(11)2)13(10-18(23)28-17)16-8-7-15(27-16)12-5-3-4-6-14(12)22(25)26/h3-9,13H,10H2,1-2H3/t13-/m0/s1. The summed E-state index contributed by atoms with van der Waals surface area (Å²) in [5.41, 5.74) is 0.983. The molecule has 1 aliphatic heterocycles. The molecule has 2 aromatic heterocycles. The molecule has 0 aliphatic carbocycles. The highest BCUT2D eigenvalue weighted by atomic mass is 16.6. The predicted octanol–water partition coefficient (Wildman–Crippen LogP) is 3.30. The fourth-order valence-corrected chi connectivity index (χ4v) is 3.42. The Bertz CT molecular complexity index is 1170. The third-order valence-corrected chi connectivity index (χ3v) is 4.95. The number of carbonyl (C=O) groups is 1. The van der Waals surface area contributed by atoms with Crippen molar-refractivity contribution in [3.63, 3.8) is 0 Å². The molecular weight excluding hydrogens is 364 g/mol. The summed E-state index contributed by atoms with van der Waals surface area (Å²) in [6, 6.07) is 11.1. The van der Waals surface area contributed by atoms with Gasteiger partial charge in [0.05, 0.1) is 28.4 Å². The van der Waals surface area contributed by atoms with Crippen LogP contribution in [0.4, 0.5) is 5.69 Å². The van der Waals surface area contributed by atoms with Crippen molar-refractivity contribution in [3.8, 4) is 17.1 Å². The first-order valence-corrected chi connectivity index (χ1v) is 8.61. The summed E-state index contributed by atoms with van der Waals surface area (Å²) in [4.78, 5) is 35.7. The summed E-state index contributed by atoms with van der Waals surface area (Å²) in [6.45, 7) is 1.75. The SMILES string of the molecule is Cc1cc2c(c(=O)n1C)[C@H](c1ccc(-c3ccccc3[N+](=O)[O-])o1)CC(=O)O2. The molecule has 0 bridgehead atoms. The van der Waals surface area contributed by atoms with E-state index in [1.54, 1.807) is 50.4 Å². The highest BCUT2D eigenvalue weighted by Gasteiger charge is 2.34. The van der Waals surface area contributed by atoms with Crippen LogP contribution in [0.15, 0.2) is 51.7 Å². The number of nitro benzene ring substituents is 1. The Labute approximate surface area is 159 Å². The number of aryl methyl sites for hydroxylation is 1. The molecule has 0 unspecified atom stereocenters. The molecule has 8 nitrogen and oxygen atoms in total.